The second-order valence-corrected chi connectivity index (χ2v) is 8.28. The molecule has 1 saturated carbocycles. The van der Waals surface area contributed by atoms with Gasteiger partial charge in [-0.1, -0.05) is 45.8 Å². The van der Waals surface area contributed by atoms with Gasteiger partial charge >= 0.3 is 6.55 Å². The zero-order valence-corrected chi connectivity index (χ0v) is 22.5. The molecule has 36 heavy (non-hydrogen) atoms. The van der Waals surface area contributed by atoms with Crippen LogP contribution in [0.1, 0.15) is 58.6 Å². The van der Waals surface area contributed by atoms with E-state index in [1.807, 2.05) is 39.1 Å². The Labute approximate surface area is 221 Å². The van der Waals surface area contributed by atoms with Gasteiger partial charge < -0.3 is 11.1 Å². The second kappa shape index (κ2) is 17.2. The van der Waals surface area contributed by atoms with Crippen LogP contribution in [-0.4, -0.2) is 35.0 Å². The van der Waals surface area contributed by atoms with Gasteiger partial charge in [-0.3, -0.25) is 4.98 Å². The third-order valence-electron chi connectivity index (χ3n) is 5.02. The Kier molecular flexibility index (Phi) is 14.6. The van der Waals surface area contributed by atoms with E-state index in [0.29, 0.717) is 17.3 Å². The molecule has 2 heterocycles. The average molecular weight is 563 g/mol. The van der Waals surface area contributed by atoms with Gasteiger partial charge in [0.25, 0.3) is 0 Å². The van der Waals surface area contributed by atoms with Crippen LogP contribution >= 0.6 is 15.9 Å². The van der Waals surface area contributed by atoms with E-state index in [4.69, 9.17) is 11.0 Å². The summed E-state index contributed by atoms with van der Waals surface area (Å²) in [5.74, 6) is 0. The highest BCUT2D eigenvalue weighted by Gasteiger charge is 2.19. The Bertz CT molecular complexity index is 1030. The first-order valence-corrected chi connectivity index (χ1v) is 12.6. The van der Waals surface area contributed by atoms with Gasteiger partial charge in [-0.2, -0.15) is 19.1 Å². The number of halogens is 3. The number of rotatable bonds is 6. The van der Waals surface area contributed by atoms with Crippen molar-refractivity contribution in [3.05, 3.63) is 64.7 Å². The van der Waals surface area contributed by atoms with E-state index in [-0.39, 0.29) is 0 Å². The van der Waals surface area contributed by atoms with E-state index < -0.39 is 6.55 Å². The minimum Gasteiger partial charge on any atom is -0.405 e. The summed E-state index contributed by atoms with van der Waals surface area (Å²) in [4.78, 5) is 7.24. The van der Waals surface area contributed by atoms with E-state index >= 15 is 0 Å². The smallest absolute Gasteiger partial charge is 0.331 e. The summed E-state index contributed by atoms with van der Waals surface area (Å²) in [6.07, 6.45) is 16.6. The molecule has 0 radical (unpaired) electrons. The molecule has 0 bridgehead atoms. The first-order chi connectivity index (χ1) is 17.4. The first kappa shape index (κ1) is 30.7. The van der Waals surface area contributed by atoms with Crippen molar-refractivity contribution in [3.8, 4) is 6.07 Å². The maximum absolute atomic E-state index is 11.1. The van der Waals surface area contributed by atoms with E-state index in [0.717, 1.165) is 34.0 Å². The predicted molar refractivity (Wildman–Crippen MR) is 148 cm³/mol. The number of alkyl halides is 2. The van der Waals surface area contributed by atoms with Gasteiger partial charge in [-0.15, -0.1) is 0 Å². The van der Waals surface area contributed by atoms with E-state index in [9.17, 15) is 8.78 Å². The highest BCUT2D eigenvalue weighted by Crippen LogP contribution is 2.31. The molecule has 0 amide bonds. The van der Waals surface area contributed by atoms with E-state index in [1.54, 1.807) is 11.1 Å². The van der Waals surface area contributed by atoms with Crippen molar-refractivity contribution in [1.82, 2.24) is 9.99 Å². The summed E-state index contributed by atoms with van der Waals surface area (Å²) in [5, 5.41) is 18.7. The monoisotopic (exact) mass is 561 g/mol. The number of nitrogens with one attached hydrogen (secondary N) is 1. The Morgan fingerprint density at radius 1 is 1.36 bits per heavy atom. The Balaban J connectivity index is 0.000000554. The molecule has 0 saturated heterocycles. The van der Waals surface area contributed by atoms with Crippen LogP contribution in [0.2, 0.25) is 0 Å². The number of hydrogen-bond donors (Lipinski definition) is 2. The summed E-state index contributed by atoms with van der Waals surface area (Å²) in [6.45, 7) is 7.32. The van der Waals surface area contributed by atoms with Crippen molar-refractivity contribution in [2.24, 2.45) is 15.8 Å². The molecule has 1 aliphatic carbocycles. The van der Waals surface area contributed by atoms with Crippen LogP contribution < -0.4 is 11.1 Å². The molecule has 7 nitrogen and oxygen atoms in total. The lowest BCUT2D eigenvalue weighted by atomic mass is 9.95. The van der Waals surface area contributed by atoms with Gasteiger partial charge in [0.15, 0.2) is 0 Å². The summed E-state index contributed by atoms with van der Waals surface area (Å²) >= 11 is 3.60. The van der Waals surface area contributed by atoms with Crippen molar-refractivity contribution >= 4 is 39.7 Å². The summed E-state index contributed by atoms with van der Waals surface area (Å²) in [6, 6.07) is 4.64. The van der Waals surface area contributed by atoms with Crippen molar-refractivity contribution in [2.45, 2.75) is 65.5 Å². The molecular formula is C26H34BrF2N7. The number of anilines is 1. The third kappa shape index (κ3) is 10.1. The zero-order valence-electron chi connectivity index (χ0n) is 21.0. The highest BCUT2D eigenvalue weighted by molar-refractivity contribution is 9.10. The number of aromatic nitrogens is 1. The fourth-order valence-electron chi connectivity index (χ4n) is 3.45. The normalized spacial score (nSPS) is 16.3. The van der Waals surface area contributed by atoms with Crippen molar-refractivity contribution < 1.29 is 8.78 Å². The minimum atomic E-state index is -2.63. The molecule has 3 rings (SSSR count). The van der Waals surface area contributed by atoms with Crippen molar-refractivity contribution in [3.63, 3.8) is 0 Å². The molecule has 2 aliphatic rings. The van der Waals surface area contributed by atoms with Gasteiger partial charge in [0.05, 0.1) is 39.0 Å². The number of nitriles is 1. The minimum absolute atomic E-state index is 0.491. The van der Waals surface area contributed by atoms with Crippen LogP contribution in [0.4, 0.5) is 14.5 Å². The molecular weight excluding hydrogens is 528 g/mol. The molecule has 10 heteroatoms. The van der Waals surface area contributed by atoms with Crippen LogP contribution in [-0.2, 0) is 0 Å². The van der Waals surface area contributed by atoms with Crippen LogP contribution in [0, 0.1) is 11.3 Å². The predicted octanol–water partition coefficient (Wildman–Crippen LogP) is 6.99. The molecule has 1 aromatic rings. The van der Waals surface area contributed by atoms with Crippen molar-refractivity contribution in [2.75, 3.05) is 5.32 Å². The molecule has 0 spiro atoms. The largest absolute Gasteiger partial charge is 0.405 e. The third-order valence-corrected chi connectivity index (χ3v) is 5.65. The lowest BCUT2D eigenvalue weighted by molar-refractivity contribution is 0.161. The van der Waals surface area contributed by atoms with Gasteiger partial charge in [-0.05, 0) is 60.1 Å². The van der Waals surface area contributed by atoms with Gasteiger partial charge in [-0.25, -0.2) is 10.0 Å². The fraction of sp³-hybridized carbons (Fsp3) is 0.385. The lowest BCUT2D eigenvalue weighted by Gasteiger charge is -2.26. The molecule has 1 aromatic heterocycles. The van der Waals surface area contributed by atoms with E-state index in [2.05, 4.69) is 49.0 Å². The first-order valence-electron chi connectivity index (χ1n) is 11.8. The Morgan fingerprint density at radius 2 is 2.06 bits per heavy atom. The maximum atomic E-state index is 11.1. The summed E-state index contributed by atoms with van der Waals surface area (Å²) in [5.41, 5.74) is 8.61. The van der Waals surface area contributed by atoms with E-state index in [1.165, 1.54) is 44.4 Å². The number of pyridine rings is 1. The van der Waals surface area contributed by atoms with Crippen molar-refractivity contribution in [1.29, 1.82) is 5.26 Å². The number of hydrogen-bond acceptors (Lipinski definition) is 7. The second-order valence-electron chi connectivity index (χ2n) is 7.42. The molecule has 1 fully saturated rings. The molecule has 194 valence electrons. The van der Waals surface area contributed by atoms with Crippen LogP contribution in [0.25, 0.3) is 5.70 Å². The van der Waals surface area contributed by atoms with Gasteiger partial charge in [0.2, 0.25) is 0 Å². The molecule has 0 atom stereocenters. The quantitative estimate of drug-likeness (QED) is 0.287. The van der Waals surface area contributed by atoms with Gasteiger partial charge in [0.1, 0.15) is 6.07 Å². The molecule has 3 N–H and O–H groups in total. The van der Waals surface area contributed by atoms with Crippen LogP contribution in [0.15, 0.2) is 69.1 Å². The SMILES string of the molecule is C=C1C=C(C#N)C=NN1/C(=C\C)c1cc(NC2CCCCC2)c(Br)cn1.CC.N/C=C\C=N\C(F)F. The standard InChI is InChI=1S/C20H22BrN5.C4H6F2N2.C2H6/c1-3-20(26-14(2)9-15(11-22)12-24-26)19-10-18(17(21)13-23-19)25-16-7-5-4-6-8-16;5-4(6)8-3-1-2-7;1-2/h3,9-10,12-13,16H,2,4-8H2,1H3,(H,23,25);1-4H,7H2;1-2H3/b20-3-;2-1-,8-3+;. The number of nitrogens with zero attached hydrogens (tertiary/aromatic N) is 5. The molecule has 0 aromatic carbocycles. The summed E-state index contributed by atoms with van der Waals surface area (Å²) in [7, 11) is 0. The summed E-state index contributed by atoms with van der Waals surface area (Å²) < 4.78 is 23.1. The Morgan fingerprint density at radius 3 is 2.61 bits per heavy atom. The number of hydrazone groups is 1. The average Bonchev–Trinajstić information content (AvgIpc) is 2.89. The topological polar surface area (TPSA) is 103 Å². The van der Waals surface area contributed by atoms with Gasteiger partial charge in [0, 0.05) is 18.5 Å². The molecule has 1 aliphatic heterocycles. The number of aliphatic imine (C=N–C) groups is 1. The van der Waals surface area contributed by atoms with Crippen LogP contribution in [0.3, 0.4) is 0 Å². The van der Waals surface area contributed by atoms with Crippen LogP contribution in [0.5, 0.6) is 0 Å². The highest BCUT2D eigenvalue weighted by atomic mass is 79.9. The number of allylic oxidation sites excluding steroid dienone is 4. The fourth-order valence-corrected chi connectivity index (χ4v) is 3.78. The number of nitrogens with two attached hydrogens (primary N) is 1. The zero-order chi connectivity index (χ0) is 26.9. The maximum Gasteiger partial charge on any atom is 0.331 e. The Hall–Kier alpha value is -3.32. The molecule has 0 unspecified atom stereocenters. The lowest BCUT2D eigenvalue weighted by Crippen LogP contribution is -2.23.